The Bertz CT molecular complexity index is 392. The SMILES string of the molecule is CCC=C(C)C12C=CCCC1C(=O)OC2=O. The van der Waals surface area contributed by atoms with Gasteiger partial charge in [-0.25, -0.2) is 0 Å². The molecule has 1 saturated heterocycles. The number of ether oxygens (including phenoxy) is 1. The molecule has 0 saturated carbocycles. The van der Waals surface area contributed by atoms with E-state index in [1.165, 1.54) is 0 Å². The fourth-order valence-electron chi connectivity index (χ4n) is 2.68. The van der Waals surface area contributed by atoms with E-state index in [-0.39, 0.29) is 11.9 Å². The van der Waals surface area contributed by atoms with Crippen LogP contribution >= 0.6 is 0 Å². The monoisotopic (exact) mass is 220 g/mol. The normalized spacial score (nSPS) is 33.9. The van der Waals surface area contributed by atoms with Crippen LogP contribution in [0.5, 0.6) is 0 Å². The molecule has 3 heteroatoms. The van der Waals surface area contributed by atoms with Crippen LogP contribution in [0.2, 0.25) is 0 Å². The first kappa shape index (κ1) is 11.1. The highest BCUT2D eigenvalue weighted by Gasteiger charge is 2.57. The molecule has 0 aromatic carbocycles. The molecule has 3 nitrogen and oxygen atoms in total. The van der Waals surface area contributed by atoms with E-state index in [9.17, 15) is 9.59 Å². The largest absolute Gasteiger partial charge is 0.392 e. The van der Waals surface area contributed by atoms with Gasteiger partial charge in [-0.15, -0.1) is 0 Å². The van der Waals surface area contributed by atoms with E-state index in [4.69, 9.17) is 4.74 Å². The van der Waals surface area contributed by atoms with Crippen molar-refractivity contribution < 1.29 is 14.3 Å². The van der Waals surface area contributed by atoms with Gasteiger partial charge >= 0.3 is 11.9 Å². The average Bonchev–Trinajstić information content (AvgIpc) is 2.53. The summed E-state index contributed by atoms with van der Waals surface area (Å²) in [6, 6.07) is 0. The van der Waals surface area contributed by atoms with Crippen LogP contribution in [0.3, 0.4) is 0 Å². The van der Waals surface area contributed by atoms with E-state index in [2.05, 4.69) is 0 Å². The lowest BCUT2D eigenvalue weighted by molar-refractivity contribution is -0.154. The van der Waals surface area contributed by atoms with Gasteiger partial charge in [0.1, 0.15) is 5.41 Å². The van der Waals surface area contributed by atoms with Crippen LogP contribution in [0, 0.1) is 11.3 Å². The minimum absolute atomic E-state index is 0.312. The maximum Gasteiger partial charge on any atom is 0.328 e. The molecular formula is C13H16O3. The Balaban J connectivity index is 2.51. The van der Waals surface area contributed by atoms with Gasteiger partial charge in [0.25, 0.3) is 0 Å². The number of hydrogen-bond donors (Lipinski definition) is 0. The molecule has 86 valence electrons. The molecule has 0 bridgehead atoms. The first-order valence-electron chi connectivity index (χ1n) is 5.74. The molecule has 1 aliphatic heterocycles. The fraction of sp³-hybridized carbons (Fsp3) is 0.538. The summed E-state index contributed by atoms with van der Waals surface area (Å²) in [5.74, 6) is -1.08. The molecule has 2 unspecified atom stereocenters. The second-order valence-electron chi connectivity index (χ2n) is 4.41. The highest BCUT2D eigenvalue weighted by Crippen LogP contribution is 2.48. The Morgan fingerprint density at radius 2 is 2.38 bits per heavy atom. The van der Waals surface area contributed by atoms with Crippen LogP contribution in [0.25, 0.3) is 0 Å². The fourth-order valence-corrected chi connectivity index (χ4v) is 2.68. The first-order chi connectivity index (χ1) is 7.63. The first-order valence-corrected chi connectivity index (χ1v) is 5.74. The van der Waals surface area contributed by atoms with Gasteiger partial charge in [-0.1, -0.05) is 30.7 Å². The van der Waals surface area contributed by atoms with Crippen molar-refractivity contribution in [2.75, 3.05) is 0 Å². The van der Waals surface area contributed by atoms with Gasteiger partial charge in [-0.05, 0) is 26.2 Å². The molecule has 0 aromatic heterocycles. The predicted octanol–water partition coefficient (Wildman–Crippen LogP) is 2.38. The smallest absolute Gasteiger partial charge is 0.328 e. The molecule has 1 heterocycles. The molecular weight excluding hydrogens is 204 g/mol. The van der Waals surface area contributed by atoms with Gasteiger partial charge in [0.15, 0.2) is 0 Å². The Morgan fingerprint density at radius 3 is 3.06 bits per heavy atom. The van der Waals surface area contributed by atoms with Crippen molar-refractivity contribution in [3.8, 4) is 0 Å². The van der Waals surface area contributed by atoms with E-state index in [0.29, 0.717) is 6.42 Å². The summed E-state index contributed by atoms with van der Waals surface area (Å²) in [5, 5.41) is 0. The molecule has 2 aliphatic rings. The number of esters is 2. The van der Waals surface area contributed by atoms with Crippen LogP contribution < -0.4 is 0 Å². The summed E-state index contributed by atoms with van der Waals surface area (Å²) in [6.07, 6.45) is 8.24. The second-order valence-corrected chi connectivity index (χ2v) is 4.41. The summed E-state index contributed by atoms with van der Waals surface area (Å²) in [4.78, 5) is 23.6. The molecule has 0 N–H and O–H groups in total. The van der Waals surface area contributed by atoms with E-state index in [0.717, 1.165) is 18.4 Å². The van der Waals surface area contributed by atoms with Crippen molar-refractivity contribution in [2.24, 2.45) is 11.3 Å². The third-order valence-electron chi connectivity index (χ3n) is 3.53. The zero-order valence-electron chi connectivity index (χ0n) is 9.66. The molecule has 0 amide bonds. The highest BCUT2D eigenvalue weighted by atomic mass is 16.6. The summed E-state index contributed by atoms with van der Waals surface area (Å²) in [6.45, 7) is 3.93. The molecule has 0 aromatic rings. The predicted molar refractivity (Wildman–Crippen MR) is 59.4 cm³/mol. The van der Waals surface area contributed by atoms with Crippen molar-refractivity contribution in [1.82, 2.24) is 0 Å². The van der Waals surface area contributed by atoms with Crippen molar-refractivity contribution in [3.63, 3.8) is 0 Å². The summed E-state index contributed by atoms with van der Waals surface area (Å²) >= 11 is 0. The summed E-state index contributed by atoms with van der Waals surface area (Å²) < 4.78 is 4.81. The minimum Gasteiger partial charge on any atom is -0.392 e. The number of rotatable bonds is 2. The average molecular weight is 220 g/mol. The second kappa shape index (κ2) is 3.89. The van der Waals surface area contributed by atoms with Gasteiger partial charge in [0.05, 0.1) is 5.92 Å². The summed E-state index contributed by atoms with van der Waals surface area (Å²) in [7, 11) is 0. The Morgan fingerprint density at radius 1 is 1.62 bits per heavy atom. The van der Waals surface area contributed by atoms with E-state index >= 15 is 0 Å². The number of carbonyl (C=O) groups excluding carboxylic acids is 2. The summed E-state index contributed by atoms with van der Waals surface area (Å²) in [5.41, 5.74) is 0.137. The maximum atomic E-state index is 11.9. The van der Waals surface area contributed by atoms with Gasteiger partial charge in [0.2, 0.25) is 0 Å². The van der Waals surface area contributed by atoms with Crippen molar-refractivity contribution in [3.05, 3.63) is 23.8 Å². The topological polar surface area (TPSA) is 43.4 Å². The number of fused-ring (bicyclic) bond motifs is 1. The number of cyclic esters (lactones) is 2. The van der Waals surface area contributed by atoms with Gasteiger partial charge in [-0.2, -0.15) is 0 Å². The zero-order valence-corrected chi connectivity index (χ0v) is 9.66. The van der Waals surface area contributed by atoms with E-state index < -0.39 is 11.4 Å². The lowest BCUT2D eigenvalue weighted by Gasteiger charge is -2.30. The van der Waals surface area contributed by atoms with Crippen molar-refractivity contribution in [1.29, 1.82) is 0 Å². The zero-order chi connectivity index (χ0) is 11.8. The standard InChI is InChI=1S/C13H16O3/c1-3-6-9(2)13-8-5-4-7-10(13)11(14)16-12(13)15/h5-6,8,10H,3-4,7H2,1-2H3. The van der Waals surface area contributed by atoms with Crippen LogP contribution in [-0.4, -0.2) is 11.9 Å². The van der Waals surface area contributed by atoms with E-state index in [1.807, 2.05) is 32.1 Å². The van der Waals surface area contributed by atoms with Gasteiger partial charge in [0, 0.05) is 0 Å². The number of hydrogen-bond acceptors (Lipinski definition) is 3. The Kier molecular flexibility index (Phi) is 2.70. The third-order valence-corrected chi connectivity index (χ3v) is 3.53. The molecule has 0 spiro atoms. The minimum atomic E-state index is -0.800. The molecule has 2 atom stereocenters. The maximum absolute atomic E-state index is 11.9. The van der Waals surface area contributed by atoms with E-state index in [1.54, 1.807) is 0 Å². The Labute approximate surface area is 95.2 Å². The molecule has 1 fully saturated rings. The third kappa shape index (κ3) is 1.34. The van der Waals surface area contributed by atoms with Crippen molar-refractivity contribution >= 4 is 11.9 Å². The lowest BCUT2D eigenvalue weighted by Crippen LogP contribution is -2.35. The molecule has 0 radical (unpaired) electrons. The number of carbonyl (C=O) groups is 2. The quantitative estimate of drug-likeness (QED) is 0.407. The molecule has 2 rings (SSSR count). The van der Waals surface area contributed by atoms with Crippen LogP contribution in [0.15, 0.2) is 23.8 Å². The highest BCUT2D eigenvalue weighted by molar-refractivity contribution is 6.02. The lowest BCUT2D eigenvalue weighted by atomic mass is 9.67. The van der Waals surface area contributed by atoms with Gasteiger partial charge in [-0.3, -0.25) is 9.59 Å². The van der Waals surface area contributed by atoms with Gasteiger partial charge < -0.3 is 4.74 Å². The Hall–Kier alpha value is -1.38. The number of allylic oxidation sites excluding steroid dienone is 2. The molecule has 16 heavy (non-hydrogen) atoms. The van der Waals surface area contributed by atoms with Crippen LogP contribution in [0.4, 0.5) is 0 Å². The van der Waals surface area contributed by atoms with Crippen LogP contribution in [-0.2, 0) is 14.3 Å². The van der Waals surface area contributed by atoms with Crippen molar-refractivity contribution in [2.45, 2.75) is 33.1 Å². The molecule has 1 aliphatic carbocycles. The van der Waals surface area contributed by atoms with Crippen LogP contribution in [0.1, 0.15) is 33.1 Å².